The maximum atomic E-state index is 10.9. The summed E-state index contributed by atoms with van der Waals surface area (Å²) in [6, 6.07) is 2.80. The molecule has 0 radical (unpaired) electrons. The van der Waals surface area contributed by atoms with Gasteiger partial charge in [-0.2, -0.15) is 0 Å². The molecule has 1 aromatic rings. The van der Waals surface area contributed by atoms with Gasteiger partial charge in [-0.15, -0.1) is 0 Å². The highest BCUT2D eigenvalue weighted by atomic mass is 16.5. The number of aromatic carboxylic acids is 1. The van der Waals surface area contributed by atoms with E-state index in [0.717, 1.165) is 0 Å². The van der Waals surface area contributed by atoms with Crippen molar-refractivity contribution in [3.05, 3.63) is 17.7 Å². The lowest BCUT2D eigenvalue weighted by atomic mass is 10.1. The van der Waals surface area contributed by atoms with Gasteiger partial charge in [0.1, 0.15) is 17.1 Å². The van der Waals surface area contributed by atoms with Gasteiger partial charge in [-0.25, -0.2) is 4.79 Å². The van der Waals surface area contributed by atoms with E-state index < -0.39 is 5.97 Å². The fraction of sp³-hybridized carbons (Fsp3) is 0.222. The van der Waals surface area contributed by atoms with Gasteiger partial charge in [0.05, 0.1) is 19.9 Å². The lowest BCUT2D eigenvalue weighted by Gasteiger charge is -2.11. The van der Waals surface area contributed by atoms with E-state index in [-0.39, 0.29) is 11.3 Å². The molecule has 1 aromatic carbocycles. The Morgan fingerprint density at radius 1 is 1.33 bits per heavy atom. The van der Waals surface area contributed by atoms with E-state index >= 15 is 0 Å². The molecule has 0 unspecified atom stereocenters. The molecule has 6 nitrogen and oxygen atoms in total. The van der Waals surface area contributed by atoms with Gasteiger partial charge in [0.25, 0.3) is 0 Å². The number of ether oxygens (including phenoxy) is 2. The van der Waals surface area contributed by atoms with Crippen LogP contribution >= 0.6 is 0 Å². The average Bonchev–Trinajstić information content (AvgIpc) is 2.26. The molecular formula is C9H12N2O4. The smallest absolute Gasteiger partial charge is 0.339 e. The SMILES string of the molecule is COc1cc(OC)c(C(=O)O)cc1NN. The van der Waals surface area contributed by atoms with Gasteiger partial charge >= 0.3 is 5.97 Å². The van der Waals surface area contributed by atoms with Gasteiger partial charge in [-0.3, -0.25) is 5.84 Å². The topological polar surface area (TPSA) is 93.8 Å². The lowest BCUT2D eigenvalue weighted by Crippen LogP contribution is -2.10. The minimum absolute atomic E-state index is 0.0197. The highest BCUT2D eigenvalue weighted by Gasteiger charge is 2.15. The number of anilines is 1. The highest BCUT2D eigenvalue weighted by molar-refractivity contribution is 5.93. The second-order valence-corrected chi connectivity index (χ2v) is 2.70. The second kappa shape index (κ2) is 4.52. The number of carboxylic acids is 1. The fourth-order valence-corrected chi connectivity index (χ4v) is 1.18. The summed E-state index contributed by atoms with van der Waals surface area (Å²) >= 11 is 0. The number of nitrogens with two attached hydrogens (primary N) is 1. The Labute approximate surface area is 86.6 Å². The molecule has 0 spiro atoms. The largest absolute Gasteiger partial charge is 0.496 e. The van der Waals surface area contributed by atoms with Crippen molar-refractivity contribution in [3.63, 3.8) is 0 Å². The number of rotatable bonds is 4. The predicted molar refractivity (Wildman–Crippen MR) is 54.3 cm³/mol. The van der Waals surface area contributed by atoms with E-state index in [1.807, 2.05) is 0 Å². The first-order valence-electron chi connectivity index (χ1n) is 4.10. The Balaban J connectivity index is 3.34. The van der Waals surface area contributed by atoms with Crippen molar-refractivity contribution < 1.29 is 19.4 Å². The number of hydrogen-bond acceptors (Lipinski definition) is 5. The van der Waals surface area contributed by atoms with Gasteiger partial charge in [-0.05, 0) is 6.07 Å². The van der Waals surface area contributed by atoms with E-state index in [0.29, 0.717) is 11.4 Å². The summed E-state index contributed by atoms with van der Waals surface area (Å²) in [5.74, 6) is 4.77. The minimum Gasteiger partial charge on any atom is -0.496 e. The van der Waals surface area contributed by atoms with Crippen LogP contribution in [-0.2, 0) is 0 Å². The van der Waals surface area contributed by atoms with Crippen LogP contribution in [0.1, 0.15) is 10.4 Å². The molecule has 1 rings (SSSR count). The van der Waals surface area contributed by atoms with Crippen LogP contribution in [0.25, 0.3) is 0 Å². The van der Waals surface area contributed by atoms with Gasteiger partial charge in [0.15, 0.2) is 0 Å². The summed E-state index contributed by atoms with van der Waals surface area (Å²) in [5, 5.41) is 8.89. The second-order valence-electron chi connectivity index (χ2n) is 2.70. The molecule has 0 aliphatic rings. The molecular weight excluding hydrogens is 200 g/mol. The average molecular weight is 212 g/mol. The molecule has 15 heavy (non-hydrogen) atoms. The number of nitrogens with one attached hydrogen (secondary N) is 1. The monoisotopic (exact) mass is 212 g/mol. The molecule has 0 amide bonds. The molecule has 4 N–H and O–H groups in total. The quantitative estimate of drug-likeness (QED) is 0.502. The standard InChI is InChI=1S/C9H12N2O4/c1-14-7-4-8(15-2)6(11-10)3-5(7)9(12)13/h3-4,11H,10H2,1-2H3,(H,12,13). The Morgan fingerprint density at radius 2 is 1.93 bits per heavy atom. The predicted octanol–water partition coefficient (Wildman–Crippen LogP) is 0.688. The van der Waals surface area contributed by atoms with E-state index in [1.54, 1.807) is 0 Å². The van der Waals surface area contributed by atoms with Crippen molar-refractivity contribution in [1.82, 2.24) is 0 Å². The van der Waals surface area contributed by atoms with Crippen LogP contribution in [0.2, 0.25) is 0 Å². The zero-order chi connectivity index (χ0) is 11.4. The molecule has 0 aromatic heterocycles. The number of methoxy groups -OCH3 is 2. The van der Waals surface area contributed by atoms with E-state index in [2.05, 4.69) is 5.43 Å². The van der Waals surface area contributed by atoms with E-state index in [9.17, 15) is 4.79 Å². The van der Waals surface area contributed by atoms with E-state index in [1.165, 1.54) is 26.4 Å². The summed E-state index contributed by atoms with van der Waals surface area (Å²) in [7, 11) is 2.84. The highest BCUT2D eigenvalue weighted by Crippen LogP contribution is 2.32. The number of nitrogen functional groups attached to an aromatic ring is 1. The molecule has 82 valence electrons. The van der Waals surface area contributed by atoms with Crippen LogP contribution in [0, 0.1) is 0 Å². The number of hydrazine groups is 1. The summed E-state index contributed by atoms with van der Waals surface area (Å²) in [6.07, 6.45) is 0. The van der Waals surface area contributed by atoms with Crippen molar-refractivity contribution in [2.75, 3.05) is 19.6 Å². The van der Waals surface area contributed by atoms with Gasteiger partial charge in [0, 0.05) is 6.07 Å². The Kier molecular flexibility index (Phi) is 3.35. The fourth-order valence-electron chi connectivity index (χ4n) is 1.18. The molecule has 0 heterocycles. The van der Waals surface area contributed by atoms with Crippen molar-refractivity contribution in [2.24, 2.45) is 5.84 Å². The van der Waals surface area contributed by atoms with Crippen LogP contribution in [0.15, 0.2) is 12.1 Å². The first kappa shape index (κ1) is 11.1. The Morgan fingerprint density at radius 3 is 2.33 bits per heavy atom. The Hall–Kier alpha value is -1.95. The number of carbonyl (C=O) groups is 1. The summed E-state index contributed by atoms with van der Waals surface area (Å²) in [6.45, 7) is 0. The molecule has 0 aliphatic carbocycles. The third-order valence-electron chi connectivity index (χ3n) is 1.91. The zero-order valence-electron chi connectivity index (χ0n) is 8.40. The number of benzene rings is 1. The maximum Gasteiger partial charge on any atom is 0.339 e. The molecule has 6 heteroatoms. The summed E-state index contributed by atoms with van der Waals surface area (Å²) < 4.78 is 9.92. The first-order valence-corrected chi connectivity index (χ1v) is 4.10. The number of carboxylic acid groups (broad SMARTS) is 1. The normalized spacial score (nSPS) is 9.53. The lowest BCUT2D eigenvalue weighted by molar-refractivity contribution is 0.0693. The third-order valence-corrected chi connectivity index (χ3v) is 1.91. The van der Waals surface area contributed by atoms with Crippen LogP contribution < -0.4 is 20.7 Å². The Bertz CT molecular complexity index is 379. The molecule has 0 atom stereocenters. The summed E-state index contributed by atoms with van der Waals surface area (Å²) in [5.41, 5.74) is 2.75. The summed E-state index contributed by atoms with van der Waals surface area (Å²) in [4.78, 5) is 10.9. The van der Waals surface area contributed by atoms with Crippen LogP contribution in [-0.4, -0.2) is 25.3 Å². The van der Waals surface area contributed by atoms with Crippen molar-refractivity contribution in [3.8, 4) is 11.5 Å². The van der Waals surface area contributed by atoms with Crippen molar-refractivity contribution in [2.45, 2.75) is 0 Å². The molecule has 0 bridgehead atoms. The maximum absolute atomic E-state index is 10.9. The van der Waals surface area contributed by atoms with Crippen molar-refractivity contribution in [1.29, 1.82) is 0 Å². The van der Waals surface area contributed by atoms with E-state index in [4.69, 9.17) is 20.4 Å². The van der Waals surface area contributed by atoms with Crippen LogP contribution in [0.3, 0.4) is 0 Å². The van der Waals surface area contributed by atoms with Crippen LogP contribution in [0.5, 0.6) is 11.5 Å². The first-order chi connectivity index (χ1) is 7.13. The molecule has 0 aliphatic heterocycles. The van der Waals surface area contributed by atoms with Crippen molar-refractivity contribution >= 4 is 11.7 Å². The third kappa shape index (κ3) is 2.10. The van der Waals surface area contributed by atoms with Crippen LogP contribution in [0.4, 0.5) is 5.69 Å². The molecule has 0 saturated carbocycles. The molecule has 0 saturated heterocycles. The minimum atomic E-state index is -1.09. The van der Waals surface area contributed by atoms with Gasteiger partial charge in [0.2, 0.25) is 0 Å². The zero-order valence-corrected chi connectivity index (χ0v) is 8.40. The number of hydrogen-bond donors (Lipinski definition) is 3. The molecule has 0 fully saturated rings. The van der Waals surface area contributed by atoms with Gasteiger partial charge < -0.3 is 20.0 Å². The van der Waals surface area contributed by atoms with Gasteiger partial charge in [-0.1, -0.05) is 0 Å².